The lowest BCUT2D eigenvalue weighted by Gasteiger charge is -2.57. The van der Waals surface area contributed by atoms with Crippen LogP contribution < -0.4 is 4.74 Å². The summed E-state index contributed by atoms with van der Waals surface area (Å²) in [6, 6.07) is 23.2. The van der Waals surface area contributed by atoms with Gasteiger partial charge in [-0.05, 0) is 110 Å². The van der Waals surface area contributed by atoms with Crippen LogP contribution in [0.15, 0.2) is 72.8 Å². The summed E-state index contributed by atoms with van der Waals surface area (Å²) >= 11 is 6.78. The number of benzene rings is 3. The van der Waals surface area contributed by atoms with Gasteiger partial charge in [-0.1, -0.05) is 66.2 Å². The van der Waals surface area contributed by atoms with E-state index in [-0.39, 0.29) is 11.2 Å². The van der Waals surface area contributed by atoms with Crippen LogP contribution in [-0.4, -0.2) is 5.78 Å². The monoisotopic (exact) mass is 496 g/mol. The Kier molecular flexibility index (Phi) is 6.25. The maximum absolute atomic E-state index is 11.3. The van der Waals surface area contributed by atoms with Gasteiger partial charge in [-0.2, -0.15) is 0 Å². The summed E-state index contributed by atoms with van der Waals surface area (Å²) in [6.07, 6.45) is 11.5. The molecule has 0 heterocycles. The Labute approximate surface area is 219 Å². The van der Waals surface area contributed by atoms with E-state index in [1.54, 1.807) is 13.0 Å². The van der Waals surface area contributed by atoms with E-state index in [0.717, 1.165) is 40.2 Å². The lowest BCUT2D eigenvalue weighted by atomic mass is 9.48. The molecule has 4 saturated carbocycles. The van der Waals surface area contributed by atoms with Crippen molar-refractivity contribution in [2.75, 3.05) is 0 Å². The highest BCUT2D eigenvalue weighted by atomic mass is 35.5. The molecule has 0 spiro atoms. The third kappa shape index (κ3) is 4.64. The van der Waals surface area contributed by atoms with Crippen LogP contribution in [-0.2, 0) is 16.8 Å². The molecule has 4 fully saturated rings. The lowest BCUT2D eigenvalue weighted by Crippen LogP contribution is -2.48. The van der Waals surface area contributed by atoms with Crippen LogP contribution >= 0.6 is 11.6 Å². The molecule has 0 N–H and O–H groups in total. The van der Waals surface area contributed by atoms with Crippen LogP contribution in [0.1, 0.15) is 62.1 Å². The van der Waals surface area contributed by atoms with E-state index in [0.29, 0.717) is 11.6 Å². The molecule has 3 heteroatoms. The number of hydrogen-bond acceptors (Lipinski definition) is 2. The Morgan fingerprint density at radius 3 is 2.28 bits per heavy atom. The maximum atomic E-state index is 11.3. The van der Waals surface area contributed by atoms with Crippen molar-refractivity contribution in [3.8, 4) is 16.9 Å². The van der Waals surface area contributed by atoms with Crippen molar-refractivity contribution in [2.24, 2.45) is 17.8 Å². The van der Waals surface area contributed by atoms with Crippen LogP contribution in [0.5, 0.6) is 5.75 Å². The summed E-state index contributed by atoms with van der Waals surface area (Å²) in [5, 5.41) is 0.704. The van der Waals surface area contributed by atoms with Gasteiger partial charge in [0.25, 0.3) is 0 Å². The molecule has 0 atom stereocenters. The van der Waals surface area contributed by atoms with E-state index in [1.165, 1.54) is 49.7 Å². The Balaban J connectivity index is 1.38. The van der Waals surface area contributed by atoms with Gasteiger partial charge in [0.2, 0.25) is 0 Å². The van der Waals surface area contributed by atoms with Crippen molar-refractivity contribution in [2.45, 2.75) is 57.5 Å². The summed E-state index contributed by atoms with van der Waals surface area (Å²) < 4.78 is 6.53. The van der Waals surface area contributed by atoms with Crippen LogP contribution in [0.3, 0.4) is 0 Å². The van der Waals surface area contributed by atoms with E-state index in [4.69, 9.17) is 16.3 Å². The minimum Gasteiger partial charge on any atom is -0.489 e. The molecular formula is C33H33ClO2. The topological polar surface area (TPSA) is 26.3 Å². The molecule has 0 unspecified atom stereocenters. The zero-order valence-electron chi connectivity index (χ0n) is 20.9. The number of carbonyl (C=O) groups excluding carboxylic acids is 1. The Morgan fingerprint density at radius 1 is 0.944 bits per heavy atom. The van der Waals surface area contributed by atoms with E-state index < -0.39 is 0 Å². The largest absolute Gasteiger partial charge is 0.489 e. The molecule has 2 nitrogen and oxygen atoms in total. The smallest absolute Gasteiger partial charge is 0.152 e. The van der Waals surface area contributed by atoms with Crippen molar-refractivity contribution in [1.29, 1.82) is 0 Å². The number of ether oxygens (including phenoxy) is 1. The number of hydrogen-bond donors (Lipinski definition) is 0. The van der Waals surface area contributed by atoms with Crippen LogP contribution in [0.2, 0.25) is 5.02 Å². The summed E-state index contributed by atoms with van der Waals surface area (Å²) in [5.74, 6) is 3.64. The first-order valence-corrected chi connectivity index (χ1v) is 13.6. The molecule has 4 aliphatic carbocycles. The molecule has 36 heavy (non-hydrogen) atoms. The standard InChI is InChI=1S/C33H33ClO2/c1-22(35)7-8-23-9-11-29(31(34)16-23)28-10-12-32(36-21-24-5-3-2-4-6-24)30(17-28)33-18-25-13-26(19-33)15-27(14-25)20-33/h2-12,16-17,25-27H,13-15,18-21H2,1H3/b8-7+. The highest BCUT2D eigenvalue weighted by molar-refractivity contribution is 6.33. The molecule has 0 saturated heterocycles. The normalized spacial score (nSPS) is 26.4. The summed E-state index contributed by atoms with van der Waals surface area (Å²) in [5.41, 5.74) is 5.88. The predicted molar refractivity (Wildman–Crippen MR) is 147 cm³/mol. The molecule has 184 valence electrons. The van der Waals surface area contributed by atoms with Gasteiger partial charge in [-0.3, -0.25) is 4.79 Å². The Morgan fingerprint density at radius 2 is 1.64 bits per heavy atom. The van der Waals surface area contributed by atoms with Gasteiger partial charge >= 0.3 is 0 Å². The fourth-order valence-corrected chi connectivity index (χ4v) is 7.79. The minimum atomic E-state index is 0.0292. The molecule has 3 aromatic rings. The number of carbonyl (C=O) groups is 1. The average Bonchev–Trinajstić information content (AvgIpc) is 2.86. The van der Waals surface area contributed by atoms with Crippen molar-refractivity contribution in [3.05, 3.63) is 94.5 Å². The summed E-state index contributed by atoms with van der Waals surface area (Å²) in [4.78, 5) is 11.3. The molecular weight excluding hydrogens is 464 g/mol. The Hall–Kier alpha value is -2.84. The molecule has 4 aliphatic rings. The molecule has 0 aliphatic heterocycles. The number of allylic oxidation sites excluding steroid dienone is 1. The van der Waals surface area contributed by atoms with E-state index >= 15 is 0 Å². The van der Waals surface area contributed by atoms with Gasteiger partial charge in [-0.15, -0.1) is 0 Å². The first kappa shape index (κ1) is 23.6. The van der Waals surface area contributed by atoms with Gasteiger partial charge in [0.1, 0.15) is 12.4 Å². The van der Waals surface area contributed by atoms with E-state index in [2.05, 4.69) is 48.5 Å². The second-order valence-electron chi connectivity index (χ2n) is 11.4. The van der Waals surface area contributed by atoms with Gasteiger partial charge in [0.15, 0.2) is 5.78 Å². The number of ketones is 1. The quantitative estimate of drug-likeness (QED) is 0.306. The van der Waals surface area contributed by atoms with Gasteiger partial charge < -0.3 is 4.74 Å². The number of rotatable bonds is 7. The Bertz CT molecular complexity index is 1270. The second kappa shape index (κ2) is 9.56. The molecule has 0 amide bonds. The van der Waals surface area contributed by atoms with Crippen molar-refractivity contribution < 1.29 is 9.53 Å². The van der Waals surface area contributed by atoms with E-state index in [9.17, 15) is 4.79 Å². The third-order valence-corrected chi connectivity index (χ3v) is 8.95. The second-order valence-corrected chi connectivity index (χ2v) is 11.8. The fraction of sp³-hybridized carbons (Fsp3) is 0.364. The molecule has 4 bridgehead atoms. The van der Waals surface area contributed by atoms with Crippen LogP contribution in [0.4, 0.5) is 0 Å². The maximum Gasteiger partial charge on any atom is 0.152 e. The zero-order chi connectivity index (χ0) is 24.7. The van der Waals surface area contributed by atoms with Gasteiger partial charge in [0.05, 0.1) is 0 Å². The fourth-order valence-electron chi connectivity index (χ4n) is 7.50. The zero-order valence-corrected chi connectivity index (χ0v) is 21.6. The first-order valence-electron chi connectivity index (χ1n) is 13.3. The van der Waals surface area contributed by atoms with E-state index in [1.807, 2.05) is 24.3 Å². The highest BCUT2D eigenvalue weighted by Gasteiger charge is 2.52. The molecule has 7 rings (SSSR count). The van der Waals surface area contributed by atoms with Crippen molar-refractivity contribution in [1.82, 2.24) is 0 Å². The SMILES string of the molecule is CC(=O)/C=C/c1ccc(-c2ccc(OCc3ccccc3)c(C34CC5CC(CC(C5)C3)C4)c2)c(Cl)c1. The minimum absolute atomic E-state index is 0.0292. The predicted octanol–water partition coefficient (Wildman–Crippen LogP) is 8.66. The van der Waals surface area contributed by atoms with Crippen molar-refractivity contribution >= 4 is 23.5 Å². The van der Waals surface area contributed by atoms with Crippen molar-refractivity contribution in [3.63, 3.8) is 0 Å². The molecule has 3 aromatic carbocycles. The van der Waals surface area contributed by atoms with Crippen LogP contribution in [0, 0.1) is 17.8 Å². The molecule has 0 aromatic heterocycles. The van der Waals surface area contributed by atoms with Gasteiger partial charge in [0, 0.05) is 16.1 Å². The first-order chi connectivity index (χ1) is 17.5. The summed E-state index contributed by atoms with van der Waals surface area (Å²) in [6.45, 7) is 2.14. The summed E-state index contributed by atoms with van der Waals surface area (Å²) in [7, 11) is 0. The lowest BCUT2D eigenvalue weighted by molar-refractivity contribution is -0.112. The third-order valence-electron chi connectivity index (χ3n) is 8.64. The highest BCUT2D eigenvalue weighted by Crippen LogP contribution is 2.62. The average molecular weight is 497 g/mol. The van der Waals surface area contributed by atoms with Gasteiger partial charge in [-0.25, -0.2) is 0 Å². The molecule has 0 radical (unpaired) electrons. The van der Waals surface area contributed by atoms with Crippen LogP contribution in [0.25, 0.3) is 17.2 Å². The number of halogens is 1.